The molecule has 24 heavy (non-hydrogen) atoms. The van der Waals surface area contributed by atoms with Crippen molar-refractivity contribution in [3.8, 4) is 0 Å². The van der Waals surface area contributed by atoms with Gasteiger partial charge in [-0.3, -0.25) is 19.2 Å². The lowest BCUT2D eigenvalue weighted by Gasteiger charge is -2.25. The highest BCUT2D eigenvalue weighted by molar-refractivity contribution is 5.92. The highest BCUT2D eigenvalue weighted by Gasteiger charge is 2.30. The fraction of sp³-hybridized carbons (Fsp3) is 0.733. The van der Waals surface area contributed by atoms with Crippen LogP contribution in [0.3, 0.4) is 0 Å². The minimum Gasteiger partial charge on any atom is -0.480 e. The number of hydrogen-bond donors (Lipinski definition) is 5. The van der Waals surface area contributed by atoms with E-state index in [-0.39, 0.29) is 24.4 Å². The summed E-state index contributed by atoms with van der Waals surface area (Å²) < 4.78 is 0. The van der Waals surface area contributed by atoms with Gasteiger partial charge in [-0.25, -0.2) is 0 Å². The number of aliphatic carboxylic acids is 1. The van der Waals surface area contributed by atoms with Crippen molar-refractivity contribution in [3.05, 3.63) is 0 Å². The molecule has 3 atom stereocenters. The van der Waals surface area contributed by atoms with Crippen molar-refractivity contribution in [1.82, 2.24) is 21.3 Å². The van der Waals surface area contributed by atoms with E-state index in [9.17, 15) is 19.2 Å². The van der Waals surface area contributed by atoms with Crippen molar-refractivity contribution < 1.29 is 24.3 Å². The van der Waals surface area contributed by atoms with Crippen molar-refractivity contribution in [2.24, 2.45) is 5.92 Å². The molecule has 1 aliphatic heterocycles. The summed E-state index contributed by atoms with van der Waals surface area (Å²) in [5.41, 5.74) is 0. The molecule has 136 valence electrons. The topological polar surface area (TPSA) is 137 Å². The average Bonchev–Trinajstić information content (AvgIpc) is 3.09. The molecule has 1 rings (SSSR count). The van der Waals surface area contributed by atoms with Crippen LogP contribution >= 0.6 is 0 Å². The van der Waals surface area contributed by atoms with Crippen LogP contribution in [-0.2, 0) is 19.2 Å². The van der Waals surface area contributed by atoms with Gasteiger partial charge in [-0.1, -0.05) is 20.3 Å². The summed E-state index contributed by atoms with van der Waals surface area (Å²) in [5.74, 6) is -2.54. The van der Waals surface area contributed by atoms with E-state index in [1.807, 2.05) is 13.8 Å². The quantitative estimate of drug-likeness (QED) is 0.349. The zero-order valence-corrected chi connectivity index (χ0v) is 14.1. The monoisotopic (exact) mass is 342 g/mol. The predicted octanol–water partition coefficient (Wildman–Crippen LogP) is -1.41. The SMILES string of the molecule is CCC(C)C(NC(=O)C1CCCN1)C(=O)NCC(=O)NCC(=O)O. The third-order valence-corrected chi connectivity index (χ3v) is 4.03. The lowest BCUT2D eigenvalue weighted by atomic mass is 9.97. The second-order valence-corrected chi connectivity index (χ2v) is 5.91. The number of amides is 3. The Bertz CT molecular complexity index is 476. The maximum atomic E-state index is 12.3. The van der Waals surface area contributed by atoms with E-state index in [1.54, 1.807) is 0 Å². The molecule has 1 fully saturated rings. The Balaban J connectivity index is 2.53. The number of carboxylic acid groups (broad SMARTS) is 1. The smallest absolute Gasteiger partial charge is 0.322 e. The van der Waals surface area contributed by atoms with E-state index < -0.39 is 30.4 Å². The van der Waals surface area contributed by atoms with Crippen LogP contribution < -0.4 is 21.3 Å². The van der Waals surface area contributed by atoms with Crippen LogP contribution in [-0.4, -0.2) is 60.5 Å². The second kappa shape index (κ2) is 9.86. The second-order valence-electron chi connectivity index (χ2n) is 5.91. The third kappa shape index (κ3) is 6.53. The number of nitrogens with one attached hydrogen (secondary N) is 4. The van der Waals surface area contributed by atoms with Crippen LogP contribution in [0.2, 0.25) is 0 Å². The molecule has 0 spiro atoms. The van der Waals surface area contributed by atoms with Crippen molar-refractivity contribution in [2.45, 2.75) is 45.2 Å². The van der Waals surface area contributed by atoms with E-state index in [0.717, 1.165) is 19.4 Å². The number of rotatable bonds is 9. The zero-order valence-electron chi connectivity index (χ0n) is 14.1. The van der Waals surface area contributed by atoms with Gasteiger partial charge in [0.05, 0.1) is 12.6 Å². The molecular formula is C15H26N4O5. The molecule has 0 bridgehead atoms. The zero-order chi connectivity index (χ0) is 18.1. The Morgan fingerprint density at radius 2 is 1.92 bits per heavy atom. The summed E-state index contributed by atoms with van der Waals surface area (Å²) in [5, 5.41) is 18.9. The molecule has 0 saturated carbocycles. The van der Waals surface area contributed by atoms with Crippen LogP contribution in [0.25, 0.3) is 0 Å². The summed E-state index contributed by atoms with van der Waals surface area (Å²) in [7, 11) is 0. The maximum Gasteiger partial charge on any atom is 0.322 e. The lowest BCUT2D eigenvalue weighted by molar-refractivity contribution is -0.138. The van der Waals surface area contributed by atoms with Crippen LogP contribution in [0.5, 0.6) is 0 Å². The lowest BCUT2D eigenvalue weighted by Crippen LogP contribution is -2.55. The van der Waals surface area contributed by atoms with E-state index in [1.165, 1.54) is 0 Å². The molecule has 0 radical (unpaired) electrons. The molecule has 1 saturated heterocycles. The van der Waals surface area contributed by atoms with E-state index >= 15 is 0 Å². The highest BCUT2D eigenvalue weighted by atomic mass is 16.4. The molecule has 1 heterocycles. The minimum atomic E-state index is -1.16. The standard InChI is InChI=1S/C15H26N4O5/c1-3-9(2)13(19-14(23)10-5-4-6-16-10)15(24)18-7-11(20)17-8-12(21)22/h9-10,13,16H,3-8H2,1-2H3,(H,17,20)(H,18,24)(H,19,23)(H,21,22). The summed E-state index contributed by atoms with van der Waals surface area (Å²) in [4.78, 5) is 46.3. The molecule has 9 heteroatoms. The van der Waals surface area contributed by atoms with Gasteiger partial charge < -0.3 is 26.4 Å². The summed E-state index contributed by atoms with van der Waals surface area (Å²) >= 11 is 0. The number of carboxylic acids is 1. The molecule has 1 aliphatic rings. The largest absolute Gasteiger partial charge is 0.480 e. The Morgan fingerprint density at radius 3 is 2.46 bits per heavy atom. The average molecular weight is 342 g/mol. The Morgan fingerprint density at radius 1 is 1.21 bits per heavy atom. The first-order valence-corrected chi connectivity index (χ1v) is 8.15. The molecular weight excluding hydrogens is 316 g/mol. The van der Waals surface area contributed by atoms with Gasteiger partial charge in [-0.2, -0.15) is 0 Å². The third-order valence-electron chi connectivity index (χ3n) is 4.03. The van der Waals surface area contributed by atoms with Crippen molar-refractivity contribution in [1.29, 1.82) is 0 Å². The van der Waals surface area contributed by atoms with Gasteiger partial charge in [0.25, 0.3) is 0 Å². The molecule has 0 aliphatic carbocycles. The number of carbonyl (C=O) groups is 4. The molecule has 0 aromatic carbocycles. The molecule has 3 amide bonds. The molecule has 5 N–H and O–H groups in total. The molecule has 9 nitrogen and oxygen atoms in total. The first kappa shape index (κ1) is 19.9. The maximum absolute atomic E-state index is 12.3. The van der Waals surface area contributed by atoms with Gasteiger partial charge in [0.15, 0.2) is 0 Å². The Hall–Kier alpha value is -2.16. The fourth-order valence-corrected chi connectivity index (χ4v) is 2.38. The van der Waals surface area contributed by atoms with E-state index in [4.69, 9.17) is 5.11 Å². The van der Waals surface area contributed by atoms with Crippen LogP contribution in [0.15, 0.2) is 0 Å². The summed E-state index contributed by atoms with van der Waals surface area (Å²) in [6.45, 7) is 3.69. The normalized spacial score (nSPS) is 19.2. The molecule has 0 aromatic rings. The van der Waals surface area contributed by atoms with Gasteiger partial charge in [0, 0.05) is 0 Å². The van der Waals surface area contributed by atoms with Crippen LogP contribution in [0.1, 0.15) is 33.1 Å². The van der Waals surface area contributed by atoms with Crippen molar-refractivity contribution in [3.63, 3.8) is 0 Å². The fourth-order valence-electron chi connectivity index (χ4n) is 2.38. The number of carbonyl (C=O) groups excluding carboxylic acids is 3. The van der Waals surface area contributed by atoms with Crippen molar-refractivity contribution in [2.75, 3.05) is 19.6 Å². The van der Waals surface area contributed by atoms with Crippen LogP contribution in [0.4, 0.5) is 0 Å². The van der Waals surface area contributed by atoms with Gasteiger partial charge in [-0.05, 0) is 25.3 Å². The first-order chi connectivity index (χ1) is 11.3. The molecule has 0 aromatic heterocycles. The highest BCUT2D eigenvalue weighted by Crippen LogP contribution is 2.10. The van der Waals surface area contributed by atoms with E-state index in [0.29, 0.717) is 6.42 Å². The van der Waals surface area contributed by atoms with Gasteiger partial charge in [0.2, 0.25) is 17.7 Å². The summed E-state index contributed by atoms with van der Waals surface area (Å²) in [6.07, 6.45) is 2.34. The Labute approximate surface area is 140 Å². The van der Waals surface area contributed by atoms with Crippen LogP contribution in [0, 0.1) is 5.92 Å². The van der Waals surface area contributed by atoms with Crippen molar-refractivity contribution >= 4 is 23.7 Å². The van der Waals surface area contributed by atoms with Gasteiger partial charge >= 0.3 is 5.97 Å². The first-order valence-electron chi connectivity index (χ1n) is 8.15. The minimum absolute atomic E-state index is 0.0996. The summed E-state index contributed by atoms with van der Waals surface area (Å²) in [6, 6.07) is -1.03. The molecule has 3 unspecified atom stereocenters. The van der Waals surface area contributed by atoms with Gasteiger partial charge in [0.1, 0.15) is 12.6 Å². The van der Waals surface area contributed by atoms with Gasteiger partial charge in [-0.15, -0.1) is 0 Å². The van der Waals surface area contributed by atoms with E-state index in [2.05, 4.69) is 21.3 Å². The predicted molar refractivity (Wildman–Crippen MR) is 86.1 cm³/mol. The Kier molecular flexibility index (Phi) is 8.17. The number of hydrogen-bond acceptors (Lipinski definition) is 5.